The predicted octanol–water partition coefficient (Wildman–Crippen LogP) is 4.50. The molecule has 0 radical (unpaired) electrons. The zero-order chi connectivity index (χ0) is 24.7. The van der Waals surface area contributed by atoms with Gasteiger partial charge in [0.25, 0.3) is 0 Å². The molecule has 1 atom stereocenters. The minimum atomic E-state index is -0.989. The van der Waals surface area contributed by atoms with E-state index in [1.54, 1.807) is 16.7 Å². The van der Waals surface area contributed by atoms with Crippen LogP contribution in [0.25, 0.3) is 0 Å². The van der Waals surface area contributed by atoms with E-state index in [9.17, 15) is 18.4 Å². The first-order valence-corrected chi connectivity index (χ1v) is 12.7. The van der Waals surface area contributed by atoms with E-state index in [4.69, 9.17) is 4.74 Å². The van der Waals surface area contributed by atoms with Gasteiger partial charge in [-0.3, -0.25) is 9.59 Å². The van der Waals surface area contributed by atoms with Crippen LogP contribution in [-0.4, -0.2) is 66.5 Å². The summed E-state index contributed by atoms with van der Waals surface area (Å²) in [6, 6.07) is 2.58. The van der Waals surface area contributed by atoms with Crippen molar-refractivity contribution in [1.29, 1.82) is 0 Å². The molecule has 6 nitrogen and oxygen atoms in total. The summed E-state index contributed by atoms with van der Waals surface area (Å²) in [5.41, 5.74) is 0.814. The topological polar surface area (TPSA) is 53.1 Å². The van der Waals surface area contributed by atoms with Crippen LogP contribution < -0.4 is 4.90 Å². The summed E-state index contributed by atoms with van der Waals surface area (Å²) in [6.45, 7) is 9.37. The Kier molecular flexibility index (Phi) is 9.83. The predicted molar refractivity (Wildman–Crippen MR) is 129 cm³/mol. The van der Waals surface area contributed by atoms with E-state index in [0.717, 1.165) is 57.3 Å². The number of halogens is 2. The van der Waals surface area contributed by atoms with Gasteiger partial charge < -0.3 is 19.4 Å². The molecule has 190 valence electrons. The monoisotopic (exact) mass is 479 g/mol. The van der Waals surface area contributed by atoms with Gasteiger partial charge in [0.05, 0.1) is 18.2 Å². The molecule has 34 heavy (non-hydrogen) atoms. The molecular weight excluding hydrogens is 440 g/mol. The van der Waals surface area contributed by atoms with E-state index in [2.05, 4.69) is 18.7 Å². The van der Waals surface area contributed by atoms with Crippen LogP contribution in [0.4, 0.5) is 14.5 Å². The maximum atomic E-state index is 14.3. The van der Waals surface area contributed by atoms with Gasteiger partial charge in [0.1, 0.15) is 0 Å². The molecule has 2 amide bonds. The molecule has 0 bridgehead atoms. The number of hydrogen-bond donors (Lipinski definition) is 0. The van der Waals surface area contributed by atoms with Gasteiger partial charge in [0.15, 0.2) is 11.6 Å². The van der Waals surface area contributed by atoms with E-state index < -0.39 is 11.6 Å². The third-order valence-corrected chi connectivity index (χ3v) is 6.84. The van der Waals surface area contributed by atoms with Crippen molar-refractivity contribution in [3.8, 4) is 0 Å². The number of hydrogen-bond acceptors (Lipinski definition) is 4. The minimum absolute atomic E-state index is 0.0518. The van der Waals surface area contributed by atoms with E-state index in [-0.39, 0.29) is 37.3 Å². The highest BCUT2D eigenvalue weighted by Crippen LogP contribution is 2.28. The first-order valence-electron chi connectivity index (χ1n) is 12.7. The molecule has 2 aliphatic rings. The van der Waals surface area contributed by atoms with Crippen molar-refractivity contribution in [3.63, 3.8) is 0 Å². The van der Waals surface area contributed by atoms with Crippen LogP contribution in [0.15, 0.2) is 12.1 Å². The average Bonchev–Trinajstić information content (AvgIpc) is 2.81. The molecular formula is C26H39F2N3O3. The lowest BCUT2D eigenvalue weighted by molar-refractivity contribution is -0.135. The molecule has 1 aromatic rings. The fraction of sp³-hybridized carbons (Fsp3) is 0.692. The van der Waals surface area contributed by atoms with E-state index >= 15 is 0 Å². The quantitative estimate of drug-likeness (QED) is 0.638. The Bertz CT molecular complexity index is 843. The van der Waals surface area contributed by atoms with E-state index in [1.807, 2.05) is 0 Å². The summed E-state index contributed by atoms with van der Waals surface area (Å²) in [6.07, 6.45) is 4.86. The third-order valence-electron chi connectivity index (χ3n) is 6.84. The minimum Gasteiger partial charge on any atom is -0.378 e. The summed E-state index contributed by atoms with van der Waals surface area (Å²) in [4.78, 5) is 31.8. The molecule has 2 aliphatic heterocycles. The Balaban J connectivity index is 1.94. The van der Waals surface area contributed by atoms with E-state index in [0.29, 0.717) is 37.0 Å². The fourth-order valence-corrected chi connectivity index (χ4v) is 4.84. The molecule has 0 aromatic heterocycles. The number of benzene rings is 1. The van der Waals surface area contributed by atoms with Gasteiger partial charge in [-0.1, -0.05) is 6.92 Å². The summed E-state index contributed by atoms with van der Waals surface area (Å²) in [5.74, 6) is -2.15. The molecule has 0 N–H and O–H groups in total. The van der Waals surface area contributed by atoms with Gasteiger partial charge in [0.2, 0.25) is 11.8 Å². The fourth-order valence-electron chi connectivity index (χ4n) is 4.84. The van der Waals surface area contributed by atoms with Crippen molar-refractivity contribution in [1.82, 2.24) is 9.80 Å². The number of anilines is 1. The highest BCUT2D eigenvalue weighted by atomic mass is 19.2. The van der Waals surface area contributed by atoms with Crippen molar-refractivity contribution in [3.05, 3.63) is 29.3 Å². The lowest BCUT2D eigenvalue weighted by Gasteiger charge is -2.33. The molecule has 1 saturated heterocycles. The first kappa shape index (κ1) is 26.5. The van der Waals surface area contributed by atoms with Crippen molar-refractivity contribution in [2.24, 2.45) is 0 Å². The third kappa shape index (κ3) is 6.98. The van der Waals surface area contributed by atoms with Crippen molar-refractivity contribution < 1.29 is 23.1 Å². The van der Waals surface area contributed by atoms with Crippen molar-refractivity contribution >= 4 is 17.5 Å². The highest BCUT2D eigenvalue weighted by Gasteiger charge is 2.26. The zero-order valence-electron chi connectivity index (χ0n) is 20.8. The number of fused-ring (bicyclic) bond motifs is 1. The number of ether oxygens (including phenoxy) is 1. The molecule has 0 saturated carbocycles. The van der Waals surface area contributed by atoms with Crippen molar-refractivity contribution in [2.75, 3.05) is 37.7 Å². The van der Waals surface area contributed by atoms with Gasteiger partial charge in [0, 0.05) is 57.9 Å². The summed E-state index contributed by atoms with van der Waals surface area (Å²) in [5, 5.41) is 0. The first-order chi connectivity index (χ1) is 16.3. The number of nitrogens with zero attached hydrogens (tertiary/aromatic N) is 3. The van der Waals surface area contributed by atoms with Crippen LogP contribution in [0.5, 0.6) is 0 Å². The average molecular weight is 480 g/mol. The second-order valence-electron chi connectivity index (χ2n) is 9.64. The standard InChI is InChI=1S/C26H39F2N3O3/c1-4-25(32)31-13-8-11-29(19(2)3)10-7-12-30(26(33)16-21-9-5-6-14-34-21)18-20-15-22(27)23(28)17-24(20)31/h15,17,19,21H,4-14,16,18H2,1-3H3. The lowest BCUT2D eigenvalue weighted by atomic mass is 10.0. The number of amides is 2. The van der Waals surface area contributed by atoms with Gasteiger partial charge >= 0.3 is 0 Å². The van der Waals surface area contributed by atoms with Crippen LogP contribution in [0.3, 0.4) is 0 Å². The Morgan fingerprint density at radius 1 is 1.00 bits per heavy atom. The zero-order valence-corrected chi connectivity index (χ0v) is 20.8. The van der Waals surface area contributed by atoms with Crippen molar-refractivity contribution in [2.45, 2.75) is 84.4 Å². The largest absolute Gasteiger partial charge is 0.378 e. The maximum Gasteiger partial charge on any atom is 0.226 e. The van der Waals surface area contributed by atoms with Crippen LogP contribution in [0.1, 0.15) is 71.3 Å². The summed E-state index contributed by atoms with van der Waals surface area (Å²) < 4.78 is 34.4. The second kappa shape index (κ2) is 12.6. The molecule has 8 heteroatoms. The maximum absolute atomic E-state index is 14.3. The summed E-state index contributed by atoms with van der Waals surface area (Å²) >= 11 is 0. The highest BCUT2D eigenvalue weighted by molar-refractivity contribution is 5.94. The smallest absolute Gasteiger partial charge is 0.226 e. The van der Waals surface area contributed by atoms with Crippen LogP contribution >= 0.6 is 0 Å². The normalized spacial score (nSPS) is 21.1. The van der Waals surface area contributed by atoms with Crippen LogP contribution in [0.2, 0.25) is 0 Å². The second-order valence-corrected chi connectivity index (χ2v) is 9.64. The van der Waals surface area contributed by atoms with E-state index in [1.165, 1.54) is 0 Å². The van der Waals surface area contributed by atoms with Gasteiger partial charge in [-0.25, -0.2) is 8.78 Å². The van der Waals surface area contributed by atoms with Gasteiger partial charge in [-0.05, 0) is 57.6 Å². The lowest BCUT2D eigenvalue weighted by Crippen LogP contribution is -2.41. The molecule has 2 heterocycles. The Hall–Kier alpha value is -2.06. The number of carbonyl (C=O) groups excluding carboxylic acids is 2. The Labute approximate surface area is 202 Å². The van der Waals surface area contributed by atoms with Gasteiger partial charge in [-0.2, -0.15) is 0 Å². The SMILES string of the molecule is CCC(=O)N1CCCN(C(C)C)CCCN(C(=O)CC2CCCCO2)Cc2cc(F)c(F)cc21. The molecule has 0 aliphatic carbocycles. The van der Waals surface area contributed by atoms with Gasteiger partial charge in [-0.15, -0.1) is 0 Å². The molecule has 3 rings (SSSR count). The molecule has 1 aromatic carbocycles. The molecule has 1 unspecified atom stereocenters. The summed E-state index contributed by atoms with van der Waals surface area (Å²) in [7, 11) is 0. The van der Waals surface area contributed by atoms with Crippen LogP contribution in [0, 0.1) is 11.6 Å². The van der Waals surface area contributed by atoms with Crippen LogP contribution in [-0.2, 0) is 20.9 Å². The molecule has 0 spiro atoms. The Morgan fingerprint density at radius 2 is 1.71 bits per heavy atom. The number of rotatable bonds is 4. The molecule has 1 fully saturated rings. The number of carbonyl (C=O) groups is 2. The Morgan fingerprint density at radius 3 is 2.35 bits per heavy atom.